The highest BCUT2D eigenvalue weighted by Gasteiger charge is 2.11. The van der Waals surface area contributed by atoms with E-state index < -0.39 is 17.5 Å². The minimum Gasteiger partial charge on any atom is -0.300 e. The Balaban J connectivity index is 2.95. The summed E-state index contributed by atoms with van der Waals surface area (Å²) in [5.41, 5.74) is 0.183. The smallest absolute Gasteiger partial charge is 0.194 e. The summed E-state index contributed by atoms with van der Waals surface area (Å²) < 4.78 is 37.9. The molecule has 0 heterocycles. The van der Waals surface area contributed by atoms with Crippen LogP contribution in [0.3, 0.4) is 0 Å². The van der Waals surface area contributed by atoms with Crippen LogP contribution in [0.4, 0.5) is 13.2 Å². The lowest BCUT2D eigenvalue weighted by Crippen LogP contribution is -2.03. The van der Waals surface area contributed by atoms with Gasteiger partial charge in [-0.3, -0.25) is 4.79 Å². The summed E-state index contributed by atoms with van der Waals surface area (Å²) in [5, 5.41) is 0. The lowest BCUT2D eigenvalue weighted by Gasteiger charge is -2.01. The molecule has 0 spiro atoms. The quantitative estimate of drug-likeness (QED) is 0.546. The summed E-state index contributed by atoms with van der Waals surface area (Å²) in [4.78, 5) is 11.0. The van der Waals surface area contributed by atoms with Crippen LogP contribution in [0.5, 0.6) is 0 Å². The third-order valence-electron chi connectivity index (χ3n) is 1.84. The fourth-order valence-electron chi connectivity index (χ4n) is 1.06. The molecule has 0 radical (unpaired) electrons. The van der Waals surface area contributed by atoms with Crippen LogP contribution in [0.15, 0.2) is 12.1 Å². The lowest BCUT2D eigenvalue weighted by atomic mass is 10.1. The zero-order valence-electron chi connectivity index (χ0n) is 7.61. The van der Waals surface area contributed by atoms with E-state index >= 15 is 0 Å². The van der Waals surface area contributed by atoms with Crippen LogP contribution < -0.4 is 0 Å². The van der Waals surface area contributed by atoms with Gasteiger partial charge in [0.1, 0.15) is 5.78 Å². The van der Waals surface area contributed by atoms with Crippen molar-refractivity contribution >= 4 is 16.0 Å². The van der Waals surface area contributed by atoms with Gasteiger partial charge in [-0.15, -0.1) is 0 Å². The Kier molecular flexibility index (Phi) is 3.46. The number of ketones is 1. The molecule has 0 fully saturated rings. The molecule has 1 aromatic carbocycles. The predicted molar refractivity (Wildman–Crippen MR) is 49.8 cm³/mol. The van der Waals surface area contributed by atoms with E-state index in [9.17, 15) is 18.0 Å². The minimum atomic E-state index is -1.49. The number of carbonyl (C=O) groups is 1. The zero-order chi connectivity index (χ0) is 10.7. The Morgan fingerprint density at radius 1 is 1.21 bits per heavy atom. The molecule has 1 rings (SSSR count). The van der Waals surface area contributed by atoms with Crippen LogP contribution in [0.2, 0.25) is 6.04 Å². The van der Waals surface area contributed by atoms with Crippen molar-refractivity contribution in [1.29, 1.82) is 0 Å². The molecule has 0 N–H and O–H groups in total. The number of Topliss-reactive ketones (excluding diaryl/α,β-unsaturated/α-hetero) is 1. The van der Waals surface area contributed by atoms with Crippen LogP contribution in [0, 0.1) is 17.5 Å². The molecule has 5 heteroatoms. The maximum absolute atomic E-state index is 12.7. The minimum absolute atomic E-state index is 0.0301. The van der Waals surface area contributed by atoms with Gasteiger partial charge in [0, 0.05) is 16.7 Å². The van der Waals surface area contributed by atoms with E-state index in [0.29, 0.717) is 6.04 Å². The summed E-state index contributed by atoms with van der Waals surface area (Å²) in [7, 11) is 0.717. The van der Waals surface area contributed by atoms with Crippen molar-refractivity contribution in [2.24, 2.45) is 0 Å². The van der Waals surface area contributed by atoms with E-state index in [1.165, 1.54) is 0 Å². The number of hydrogen-bond donors (Lipinski definition) is 0. The molecule has 0 atom stereocenters. The van der Waals surface area contributed by atoms with Crippen LogP contribution in [-0.2, 0) is 11.2 Å². The van der Waals surface area contributed by atoms with Gasteiger partial charge in [0.25, 0.3) is 0 Å². The van der Waals surface area contributed by atoms with Crippen molar-refractivity contribution in [2.75, 3.05) is 0 Å². The molecule has 0 saturated carbocycles. The summed E-state index contributed by atoms with van der Waals surface area (Å²) in [5.74, 6) is -4.07. The highest BCUT2D eigenvalue weighted by atomic mass is 28.1. The van der Waals surface area contributed by atoms with Crippen molar-refractivity contribution in [2.45, 2.75) is 12.5 Å². The molecular formula is C9H9F3OSi. The maximum atomic E-state index is 12.7. The first-order valence-electron chi connectivity index (χ1n) is 4.19. The third-order valence-corrected chi connectivity index (χ3v) is 2.63. The van der Waals surface area contributed by atoms with Crippen molar-refractivity contribution in [3.63, 3.8) is 0 Å². The van der Waals surface area contributed by atoms with Crippen molar-refractivity contribution in [1.82, 2.24) is 0 Å². The monoisotopic (exact) mass is 218 g/mol. The Hall–Kier alpha value is -1.10. The van der Waals surface area contributed by atoms with Crippen LogP contribution in [0.25, 0.3) is 0 Å². The van der Waals surface area contributed by atoms with Gasteiger partial charge in [-0.1, -0.05) is 0 Å². The summed E-state index contributed by atoms with van der Waals surface area (Å²) in [6.07, 6.45) is -0.0301. The molecule has 0 saturated heterocycles. The van der Waals surface area contributed by atoms with E-state index in [1.807, 2.05) is 0 Å². The van der Waals surface area contributed by atoms with Crippen molar-refractivity contribution in [3.8, 4) is 0 Å². The molecule has 0 amide bonds. The summed E-state index contributed by atoms with van der Waals surface area (Å²) in [6.45, 7) is 0. The number of rotatable bonds is 3. The third kappa shape index (κ3) is 2.44. The molecule has 1 aromatic rings. The second kappa shape index (κ2) is 4.41. The average molecular weight is 218 g/mol. The number of halogens is 3. The Bertz CT molecular complexity index is 342. The van der Waals surface area contributed by atoms with Gasteiger partial charge < -0.3 is 0 Å². The molecule has 0 aliphatic heterocycles. The molecule has 0 aliphatic carbocycles. The van der Waals surface area contributed by atoms with E-state index in [2.05, 4.69) is 0 Å². The highest BCUT2D eigenvalue weighted by molar-refractivity contribution is 6.20. The normalized spacial score (nSPS) is 10.5. The van der Waals surface area contributed by atoms with E-state index in [-0.39, 0.29) is 17.8 Å². The van der Waals surface area contributed by atoms with Gasteiger partial charge in [0.2, 0.25) is 0 Å². The largest absolute Gasteiger partial charge is 0.300 e. The first-order chi connectivity index (χ1) is 6.54. The maximum Gasteiger partial charge on any atom is 0.194 e. The SMILES string of the molecule is O=C(C[SiH3])Cc1cc(F)c(F)c(F)c1. The van der Waals surface area contributed by atoms with Gasteiger partial charge in [0.05, 0.1) is 0 Å². The second-order valence-corrected chi connectivity index (χ2v) is 3.65. The second-order valence-electron chi connectivity index (χ2n) is 2.94. The van der Waals surface area contributed by atoms with Crippen molar-refractivity contribution < 1.29 is 18.0 Å². The van der Waals surface area contributed by atoms with Crippen LogP contribution in [0.1, 0.15) is 5.56 Å². The number of hydrogen-bond acceptors (Lipinski definition) is 1. The van der Waals surface area contributed by atoms with Crippen LogP contribution >= 0.6 is 0 Å². The molecule has 0 aromatic heterocycles. The highest BCUT2D eigenvalue weighted by Crippen LogP contribution is 2.14. The topological polar surface area (TPSA) is 17.1 Å². The van der Waals surface area contributed by atoms with Crippen LogP contribution in [-0.4, -0.2) is 16.0 Å². The molecule has 0 aliphatic rings. The Morgan fingerprint density at radius 2 is 1.71 bits per heavy atom. The standard InChI is InChI=1S/C9H9F3OSi/c10-7-2-5(1-6(13)4-14)3-8(11)9(7)12/h2-3H,1,4H2,14H3. The molecule has 0 bridgehead atoms. The van der Waals surface area contributed by atoms with Gasteiger partial charge in [-0.2, -0.15) is 0 Å². The van der Waals surface area contributed by atoms with Crippen molar-refractivity contribution in [3.05, 3.63) is 35.1 Å². The molecule has 14 heavy (non-hydrogen) atoms. The molecule has 0 unspecified atom stereocenters. The van der Waals surface area contributed by atoms with Gasteiger partial charge in [-0.05, 0) is 23.7 Å². The van der Waals surface area contributed by atoms with Gasteiger partial charge in [-0.25, -0.2) is 13.2 Å². The van der Waals surface area contributed by atoms with Gasteiger partial charge in [0.15, 0.2) is 17.5 Å². The molecule has 1 nitrogen and oxygen atoms in total. The summed E-state index contributed by atoms with van der Waals surface area (Å²) >= 11 is 0. The van der Waals surface area contributed by atoms with Gasteiger partial charge >= 0.3 is 0 Å². The van der Waals surface area contributed by atoms with E-state index in [4.69, 9.17) is 0 Å². The predicted octanol–water partition coefficient (Wildman–Crippen LogP) is 0.999. The molecule has 76 valence electrons. The lowest BCUT2D eigenvalue weighted by molar-refractivity contribution is -0.116. The van der Waals surface area contributed by atoms with E-state index in [1.54, 1.807) is 0 Å². The number of carbonyl (C=O) groups excluding carboxylic acids is 1. The fourth-order valence-corrected chi connectivity index (χ4v) is 1.31. The first kappa shape index (κ1) is 11.0. The summed E-state index contributed by atoms with van der Waals surface area (Å²) in [6, 6.07) is 2.14. The zero-order valence-corrected chi connectivity index (χ0v) is 9.61. The van der Waals surface area contributed by atoms with E-state index in [0.717, 1.165) is 22.4 Å². The Morgan fingerprint density at radius 3 is 2.14 bits per heavy atom. The first-order valence-corrected chi connectivity index (χ1v) is 5.61. The Labute approximate surface area is 82.4 Å². The average Bonchev–Trinajstić information content (AvgIpc) is 2.14. The fraction of sp³-hybridized carbons (Fsp3) is 0.222. The molecular weight excluding hydrogens is 209 g/mol. The number of benzene rings is 1.